The summed E-state index contributed by atoms with van der Waals surface area (Å²) >= 11 is 0. The fourth-order valence-corrected chi connectivity index (χ4v) is 5.81. The van der Waals surface area contributed by atoms with Gasteiger partial charge in [-0.25, -0.2) is 0 Å². The Morgan fingerprint density at radius 2 is 1.91 bits per heavy atom. The molecule has 0 unspecified atom stereocenters. The maximum absolute atomic E-state index is 13.0. The van der Waals surface area contributed by atoms with Gasteiger partial charge in [0.2, 0.25) is 0 Å². The van der Waals surface area contributed by atoms with Crippen LogP contribution in [0.25, 0.3) is 0 Å². The molecule has 23 heavy (non-hydrogen) atoms. The van der Waals surface area contributed by atoms with Crippen LogP contribution in [0.2, 0.25) is 0 Å². The SMILES string of the molecule is C=C(CCCCCC)C1=C2CCC[C@]23CC(=O)[C@]1(CCCC)C3. The third-order valence-electron chi connectivity index (χ3n) is 6.82. The molecule has 3 aliphatic rings. The van der Waals surface area contributed by atoms with E-state index in [1.165, 1.54) is 68.9 Å². The molecule has 0 aromatic carbocycles. The van der Waals surface area contributed by atoms with Gasteiger partial charge in [-0.1, -0.05) is 63.7 Å². The predicted molar refractivity (Wildman–Crippen MR) is 97.4 cm³/mol. The smallest absolute Gasteiger partial charge is 0.144 e. The van der Waals surface area contributed by atoms with Crippen molar-refractivity contribution in [2.24, 2.45) is 10.8 Å². The largest absolute Gasteiger partial charge is 0.299 e. The van der Waals surface area contributed by atoms with Gasteiger partial charge in [0.05, 0.1) is 5.41 Å². The first-order valence-corrected chi connectivity index (χ1v) is 10.1. The maximum atomic E-state index is 13.0. The molecule has 0 aromatic heterocycles. The molecule has 0 heterocycles. The number of unbranched alkanes of at least 4 members (excludes halogenated alkanes) is 4. The quantitative estimate of drug-likeness (QED) is 0.442. The molecule has 1 heteroatoms. The molecule has 0 aromatic rings. The Labute approximate surface area is 142 Å². The van der Waals surface area contributed by atoms with Crippen LogP contribution in [0.15, 0.2) is 23.3 Å². The Balaban J connectivity index is 1.85. The van der Waals surface area contributed by atoms with Crippen LogP contribution in [0.4, 0.5) is 0 Å². The fourth-order valence-electron chi connectivity index (χ4n) is 5.81. The topological polar surface area (TPSA) is 17.1 Å². The third kappa shape index (κ3) is 2.65. The highest BCUT2D eigenvalue weighted by Gasteiger charge is 2.64. The average molecular weight is 315 g/mol. The standard InChI is InChI=1S/C22H34O/c1-4-6-8-9-11-17(3)20-18-12-10-13-21(18)15-19(23)22(20,16-21)14-7-5-2/h3-16H2,1-2H3/t21-,22+/m1/s1. The summed E-state index contributed by atoms with van der Waals surface area (Å²) in [5, 5.41) is 0. The zero-order valence-corrected chi connectivity index (χ0v) is 15.3. The molecule has 0 radical (unpaired) electrons. The van der Waals surface area contributed by atoms with E-state index in [0.717, 1.165) is 25.7 Å². The number of hydrogen-bond acceptors (Lipinski definition) is 1. The number of carbonyl (C=O) groups is 1. The first-order valence-electron chi connectivity index (χ1n) is 10.1. The minimum atomic E-state index is -0.117. The molecule has 0 N–H and O–H groups in total. The molecule has 0 amide bonds. The van der Waals surface area contributed by atoms with Crippen LogP contribution in [0.3, 0.4) is 0 Å². The second-order valence-corrected chi connectivity index (χ2v) is 8.36. The first-order chi connectivity index (χ1) is 11.1. The van der Waals surface area contributed by atoms with Crippen LogP contribution >= 0.6 is 0 Å². The number of carbonyl (C=O) groups excluding carboxylic acids is 1. The van der Waals surface area contributed by atoms with Crippen molar-refractivity contribution in [2.75, 3.05) is 0 Å². The molecule has 1 nitrogen and oxygen atoms in total. The van der Waals surface area contributed by atoms with E-state index in [1.54, 1.807) is 5.57 Å². The molecule has 2 saturated carbocycles. The number of hydrogen-bond donors (Lipinski definition) is 0. The summed E-state index contributed by atoms with van der Waals surface area (Å²) in [5.74, 6) is 0.557. The number of rotatable bonds is 9. The number of allylic oxidation sites excluding steroid dienone is 3. The molecule has 3 aliphatic carbocycles. The Hall–Kier alpha value is -0.850. The van der Waals surface area contributed by atoms with Gasteiger partial charge in [-0.05, 0) is 50.5 Å². The van der Waals surface area contributed by atoms with Gasteiger partial charge < -0.3 is 0 Å². The number of fused-ring (bicyclic) bond motifs is 1. The second kappa shape index (κ2) is 6.57. The van der Waals surface area contributed by atoms with Gasteiger partial charge in [-0.15, -0.1) is 0 Å². The van der Waals surface area contributed by atoms with Crippen molar-refractivity contribution in [3.05, 3.63) is 23.3 Å². The molecule has 2 atom stereocenters. The fraction of sp³-hybridized carbons (Fsp3) is 0.773. The predicted octanol–water partition coefficient (Wildman–Crippen LogP) is 6.53. The number of Topliss-reactive ketones (excluding diaryl/α,β-unsaturated/α-hetero) is 1. The van der Waals surface area contributed by atoms with Crippen LogP contribution in [0.1, 0.15) is 97.3 Å². The summed E-state index contributed by atoms with van der Waals surface area (Å²) in [7, 11) is 0. The summed E-state index contributed by atoms with van der Waals surface area (Å²) in [4.78, 5) is 13.0. The summed E-state index contributed by atoms with van der Waals surface area (Å²) < 4.78 is 0. The van der Waals surface area contributed by atoms with Crippen LogP contribution in [0.5, 0.6) is 0 Å². The minimum absolute atomic E-state index is 0.117. The van der Waals surface area contributed by atoms with Crippen LogP contribution in [-0.4, -0.2) is 5.78 Å². The Bertz CT molecular complexity index is 526. The van der Waals surface area contributed by atoms with E-state index in [4.69, 9.17) is 0 Å². The summed E-state index contributed by atoms with van der Waals surface area (Å²) in [6.07, 6.45) is 15.5. The van der Waals surface area contributed by atoms with Gasteiger partial charge >= 0.3 is 0 Å². The average Bonchev–Trinajstić information content (AvgIpc) is 3.12. The molecular formula is C22H34O. The molecule has 2 fully saturated rings. The Kier molecular flexibility index (Phi) is 4.85. The van der Waals surface area contributed by atoms with Crippen molar-refractivity contribution in [2.45, 2.75) is 97.3 Å². The second-order valence-electron chi connectivity index (χ2n) is 8.36. The van der Waals surface area contributed by atoms with E-state index >= 15 is 0 Å². The Morgan fingerprint density at radius 3 is 2.65 bits per heavy atom. The Morgan fingerprint density at radius 1 is 1.13 bits per heavy atom. The molecule has 0 aliphatic heterocycles. The first kappa shape index (κ1) is 17.0. The van der Waals surface area contributed by atoms with Crippen molar-refractivity contribution in [3.63, 3.8) is 0 Å². The maximum Gasteiger partial charge on any atom is 0.144 e. The van der Waals surface area contributed by atoms with E-state index in [9.17, 15) is 4.79 Å². The van der Waals surface area contributed by atoms with Crippen molar-refractivity contribution in [3.8, 4) is 0 Å². The van der Waals surface area contributed by atoms with Crippen molar-refractivity contribution < 1.29 is 4.79 Å². The van der Waals surface area contributed by atoms with Crippen molar-refractivity contribution in [1.29, 1.82) is 0 Å². The molecule has 1 spiro atoms. The summed E-state index contributed by atoms with van der Waals surface area (Å²) in [6.45, 7) is 8.99. The van der Waals surface area contributed by atoms with Gasteiger partial charge in [0.25, 0.3) is 0 Å². The third-order valence-corrected chi connectivity index (χ3v) is 6.82. The molecular weight excluding hydrogens is 280 g/mol. The van der Waals surface area contributed by atoms with Crippen molar-refractivity contribution >= 4 is 5.78 Å². The lowest BCUT2D eigenvalue weighted by atomic mass is 9.70. The zero-order chi connectivity index (χ0) is 16.5. The van der Waals surface area contributed by atoms with Gasteiger partial charge in [-0.2, -0.15) is 0 Å². The van der Waals surface area contributed by atoms with Gasteiger partial charge in [0.15, 0.2) is 0 Å². The minimum Gasteiger partial charge on any atom is -0.299 e. The molecule has 3 rings (SSSR count). The van der Waals surface area contributed by atoms with E-state index in [0.29, 0.717) is 5.78 Å². The highest BCUT2D eigenvalue weighted by atomic mass is 16.1. The van der Waals surface area contributed by atoms with Gasteiger partial charge in [0.1, 0.15) is 5.78 Å². The lowest BCUT2D eigenvalue weighted by Gasteiger charge is -2.32. The highest BCUT2D eigenvalue weighted by molar-refractivity contribution is 5.95. The summed E-state index contributed by atoms with van der Waals surface area (Å²) in [6, 6.07) is 0. The monoisotopic (exact) mass is 314 g/mol. The molecule has 128 valence electrons. The zero-order valence-electron chi connectivity index (χ0n) is 15.3. The van der Waals surface area contributed by atoms with Crippen LogP contribution in [-0.2, 0) is 4.79 Å². The van der Waals surface area contributed by atoms with Crippen LogP contribution < -0.4 is 0 Å². The van der Waals surface area contributed by atoms with E-state index in [1.807, 2.05) is 0 Å². The lowest BCUT2D eigenvalue weighted by molar-refractivity contribution is -0.124. The normalized spacial score (nSPS) is 32.0. The van der Waals surface area contributed by atoms with E-state index in [-0.39, 0.29) is 10.8 Å². The number of ketones is 1. The van der Waals surface area contributed by atoms with Crippen LogP contribution in [0, 0.1) is 10.8 Å². The lowest BCUT2D eigenvalue weighted by Crippen LogP contribution is -2.30. The highest BCUT2D eigenvalue weighted by Crippen LogP contribution is 2.70. The van der Waals surface area contributed by atoms with Gasteiger partial charge in [-0.3, -0.25) is 4.79 Å². The molecule has 0 saturated heterocycles. The van der Waals surface area contributed by atoms with E-state index in [2.05, 4.69) is 20.4 Å². The van der Waals surface area contributed by atoms with Crippen molar-refractivity contribution in [1.82, 2.24) is 0 Å². The summed E-state index contributed by atoms with van der Waals surface area (Å²) in [5.41, 5.74) is 4.62. The van der Waals surface area contributed by atoms with E-state index < -0.39 is 0 Å². The van der Waals surface area contributed by atoms with Gasteiger partial charge in [0, 0.05) is 11.8 Å². The molecule has 2 bridgehead atoms.